The first kappa shape index (κ1) is 26.1. The molecule has 0 saturated carbocycles. The van der Waals surface area contributed by atoms with Gasteiger partial charge in [0.1, 0.15) is 5.76 Å². The maximum absolute atomic E-state index is 13.5. The number of anilines is 2. The van der Waals surface area contributed by atoms with E-state index in [0.717, 1.165) is 11.1 Å². The van der Waals surface area contributed by atoms with Crippen molar-refractivity contribution in [1.29, 1.82) is 5.26 Å². The Morgan fingerprint density at radius 1 is 1.08 bits per heavy atom. The van der Waals surface area contributed by atoms with Crippen molar-refractivity contribution in [2.75, 3.05) is 16.4 Å². The molecule has 0 bridgehead atoms. The molecule has 0 aliphatic carbocycles. The molecule has 1 aromatic heterocycles. The topological polar surface area (TPSA) is 107 Å². The molecule has 2 amide bonds. The number of nitriles is 1. The molecule has 3 aromatic rings. The second-order valence-electron chi connectivity index (χ2n) is 8.54. The van der Waals surface area contributed by atoms with Gasteiger partial charge in [-0.15, -0.1) is 0 Å². The number of furan rings is 1. The molecule has 0 fully saturated rings. The second kappa shape index (κ2) is 11.4. The Labute approximate surface area is 224 Å². The fourth-order valence-electron chi connectivity index (χ4n) is 3.98. The number of aryl methyl sites for hydroxylation is 2. The molecule has 1 aliphatic heterocycles. The summed E-state index contributed by atoms with van der Waals surface area (Å²) in [6.45, 7) is 5.56. The predicted octanol–water partition coefficient (Wildman–Crippen LogP) is 6.26. The minimum atomic E-state index is -0.730. The van der Waals surface area contributed by atoms with Crippen LogP contribution in [0, 0.1) is 25.2 Å². The van der Waals surface area contributed by atoms with Crippen LogP contribution in [0.15, 0.2) is 87.1 Å². The largest absolute Gasteiger partial charge is 0.468 e. The molecule has 188 valence electrons. The highest BCUT2D eigenvalue weighted by atomic mass is 35.5. The Kier molecular flexibility index (Phi) is 8.07. The Balaban J connectivity index is 1.58. The van der Waals surface area contributed by atoms with E-state index in [0.29, 0.717) is 44.0 Å². The summed E-state index contributed by atoms with van der Waals surface area (Å²) in [5.74, 6) is -0.819. The zero-order chi connectivity index (χ0) is 26.5. The van der Waals surface area contributed by atoms with Gasteiger partial charge in [-0.1, -0.05) is 47.6 Å². The molecule has 0 radical (unpaired) electrons. The van der Waals surface area contributed by atoms with E-state index < -0.39 is 5.92 Å². The van der Waals surface area contributed by atoms with E-state index in [9.17, 15) is 14.9 Å². The van der Waals surface area contributed by atoms with Gasteiger partial charge in [-0.05, 0) is 62.2 Å². The highest BCUT2D eigenvalue weighted by Gasteiger charge is 2.36. The Morgan fingerprint density at radius 3 is 2.54 bits per heavy atom. The van der Waals surface area contributed by atoms with E-state index in [-0.39, 0.29) is 17.6 Å². The van der Waals surface area contributed by atoms with Gasteiger partial charge in [-0.3, -0.25) is 9.59 Å². The van der Waals surface area contributed by atoms with E-state index in [4.69, 9.17) is 16.0 Å². The van der Waals surface area contributed by atoms with Crippen LogP contribution in [-0.4, -0.2) is 17.6 Å². The minimum Gasteiger partial charge on any atom is -0.468 e. The quantitative estimate of drug-likeness (QED) is 0.331. The third-order valence-electron chi connectivity index (χ3n) is 5.92. The smallest absolute Gasteiger partial charge is 0.254 e. The van der Waals surface area contributed by atoms with Crippen LogP contribution < -0.4 is 16.0 Å². The molecule has 3 N–H and O–H groups in total. The SMILES string of the molecule is CC1=C(C(=O)Nc2ccccc2C)C(c2ccco2)C(C#N)=C(SCC(=O)Nc2ccc(C)c(Cl)c2)N1. The lowest BCUT2D eigenvalue weighted by Crippen LogP contribution is -2.31. The molecule has 4 rings (SSSR count). The molecule has 37 heavy (non-hydrogen) atoms. The van der Waals surface area contributed by atoms with E-state index in [1.165, 1.54) is 18.0 Å². The van der Waals surface area contributed by atoms with Crippen molar-refractivity contribution in [2.45, 2.75) is 26.7 Å². The van der Waals surface area contributed by atoms with E-state index in [1.807, 2.05) is 44.2 Å². The van der Waals surface area contributed by atoms with Crippen LogP contribution in [0.4, 0.5) is 11.4 Å². The molecule has 1 aliphatic rings. The number of carbonyl (C=O) groups excluding carboxylic acids is 2. The van der Waals surface area contributed by atoms with Gasteiger partial charge in [-0.2, -0.15) is 5.26 Å². The molecule has 2 heterocycles. The number of nitrogens with zero attached hydrogens (tertiary/aromatic N) is 1. The van der Waals surface area contributed by atoms with Crippen molar-refractivity contribution in [2.24, 2.45) is 0 Å². The number of para-hydroxylation sites is 1. The number of nitrogens with one attached hydrogen (secondary N) is 3. The number of rotatable bonds is 7. The van der Waals surface area contributed by atoms with Crippen molar-refractivity contribution in [1.82, 2.24) is 5.32 Å². The lowest BCUT2D eigenvalue weighted by atomic mass is 9.85. The summed E-state index contributed by atoms with van der Waals surface area (Å²) >= 11 is 7.34. The first-order valence-electron chi connectivity index (χ1n) is 11.5. The Bertz CT molecular complexity index is 1450. The van der Waals surface area contributed by atoms with Crippen molar-refractivity contribution in [3.05, 3.63) is 105 Å². The van der Waals surface area contributed by atoms with Gasteiger partial charge in [0.2, 0.25) is 5.91 Å². The zero-order valence-corrected chi connectivity index (χ0v) is 22.1. The lowest BCUT2D eigenvalue weighted by Gasteiger charge is -2.28. The summed E-state index contributed by atoms with van der Waals surface area (Å²) in [4.78, 5) is 26.1. The fraction of sp³-hybridized carbons (Fsp3) is 0.179. The molecule has 7 nitrogen and oxygen atoms in total. The van der Waals surface area contributed by atoms with Crippen LogP contribution in [-0.2, 0) is 9.59 Å². The summed E-state index contributed by atoms with van der Waals surface area (Å²) in [6, 6.07) is 18.5. The number of hydrogen-bond acceptors (Lipinski definition) is 6. The second-order valence-corrected chi connectivity index (χ2v) is 9.93. The van der Waals surface area contributed by atoms with Gasteiger partial charge < -0.3 is 20.4 Å². The third-order valence-corrected chi connectivity index (χ3v) is 7.34. The Morgan fingerprint density at radius 2 is 1.86 bits per heavy atom. The van der Waals surface area contributed by atoms with E-state index in [2.05, 4.69) is 22.0 Å². The van der Waals surface area contributed by atoms with Crippen LogP contribution in [0.2, 0.25) is 5.02 Å². The van der Waals surface area contributed by atoms with Crippen LogP contribution in [0.25, 0.3) is 0 Å². The summed E-state index contributed by atoms with van der Waals surface area (Å²) in [7, 11) is 0. The average molecular weight is 533 g/mol. The van der Waals surface area contributed by atoms with Crippen LogP contribution in [0.3, 0.4) is 0 Å². The lowest BCUT2D eigenvalue weighted by molar-refractivity contribution is -0.114. The molecule has 0 saturated heterocycles. The number of thioether (sulfide) groups is 1. The van der Waals surface area contributed by atoms with Gasteiger partial charge >= 0.3 is 0 Å². The first-order valence-corrected chi connectivity index (χ1v) is 12.9. The first-order chi connectivity index (χ1) is 17.8. The summed E-state index contributed by atoms with van der Waals surface area (Å²) in [6.07, 6.45) is 1.51. The highest BCUT2D eigenvalue weighted by molar-refractivity contribution is 8.03. The zero-order valence-electron chi connectivity index (χ0n) is 20.5. The molecule has 2 aromatic carbocycles. The van der Waals surface area contributed by atoms with Gasteiger partial charge in [0, 0.05) is 22.1 Å². The number of allylic oxidation sites excluding steroid dienone is 2. The minimum absolute atomic E-state index is 0.0436. The van der Waals surface area contributed by atoms with E-state index in [1.54, 1.807) is 31.2 Å². The number of amides is 2. The van der Waals surface area contributed by atoms with E-state index >= 15 is 0 Å². The molecule has 9 heteroatoms. The van der Waals surface area contributed by atoms with Crippen molar-refractivity contribution >= 4 is 46.6 Å². The number of benzene rings is 2. The average Bonchev–Trinajstić information content (AvgIpc) is 3.40. The summed E-state index contributed by atoms with van der Waals surface area (Å²) in [5, 5.41) is 20.1. The monoisotopic (exact) mass is 532 g/mol. The van der Waals surface area contributed by atoms with Crippen LogP contribution >= 0.6 is 23.4 Å². The molecular formula is C28H25ClN4O3S. The van der Waals surface area contributed by atoms with Gasteiger partial charge in [0.15, 0.2) is 0 Å². The van der Waals surface area contributed by atoms with Crippen molar-refractivity contribution in [3.8, 4) is 6.07 Å². The summed E-state index contributed by atoms with van der Waals surface area (Å²) < 4.78 is 5.65. The number of hydrogen-bond donors (Lipinski definition) is 3. The predicted molar refractivity (Wildman–Crippen MR) is 147 cm³/mol. The summed E-state index contributed by atoms with van der Waals surface area (Å²) in [5.41, 5.74) is 4.34. The number of carbonyl (C=O) groups is 2. The third kappa shape index (κ3) is 5.91. The number of dihydropyridines is 1. The Hall–Kier alpha value is -3.93. The maximum atomic E-state index is 13.5. The fourth-order valence-corrected chi connectivity index (χ4v) is 5.05. The molecular weight excluding hydrogens is 508 g/mol. The molecule has 1 atom stereocenters. The highest BCUT2D eigenvalue weighted by Crippen LogP contribution is 2.41. The van der Waals surface area contributed by atoms with Crippen LogP contribution in [0.1, 0.15) is 29.7 Å². The maximum Gasteiger partial charge on any atom is 0.254 e. The normalized spacial score (nSPS) is 15.2. The van der Waals surface area contributed by atoms with Crippen molar-refractivity contribution < 1.29 is 14.0 Å². The molecule has 0 spiro atoms. The van der Waals surface area contributed by atoms with Crippen molar-refractivity contribution in [3.63, 3.8) is 0 Å². The number of halogens is 1. The van der Waals surface area contributed by atoms with Crippen LogP contribution in [0.5, 0.6) is 0 Å². The van der Waals surface area contributed by atoms with Gasteiger partial charge in [-0.25, -0.2) is 0 Å². The standard InChI is InChI=1S/C28H25ClN4O3S/c1-16-10-11-19(13-21(16)29)32-24(34)15-37-28-20(14-30)26(23-9-6-12-36-23)25(18(3)31-28)27(35)33-22-8-5-4-7-17(22)2/h4-13,26,31H,15H2,1-3H3,(H,32,34)(H,33,35). The van der Waals surface area contributed by atoms with Gasteiger partial charge in [0.25, 0.3) is 5.91 Å². The van der Waals surface area contributed by atoms with Gasteiger partial charge in [0.05, 0.1) is 40.2 Å². The molecule has 1 unspecified atom stereocenters.